The van der Waals surface area contributed by atoms with E-state index in [9.17, 15) is 0 Å². The summed E-state index contributed by atoms with van der Waals surface area (Å²) < 4.78 is 10.7. The third kappa shape index (κ3) is 3.31. The molecule has 4 heteroatoms. The summed E-state index contributed by atoms with van der Waals surface area (Å²) in [5.74, 6) is 0. The van der Waals surface area contributed by atoms with Gasteiger partial charge in [0.05, 0.1) is 19.1 Å². The Morgan fingerprint density at radius 2 is 2.41 bits per heavy atom. The summed E-state index contributed by atoms with van der Waals surface area (Å²) >= 11 is 0. The number of furan rings is 1. The Balaban J connectivity index is 1.89. The third-order valence-electron chi connectivity index (χ3n) is 3.47. The molecule has 1 saturated heterocycles. The van der Waals surface area contributed by atoms with Crippen molar-refractivity contribution in [2.75, 3.05) is 33.4 Å². The summed E-state index contributed by atoms with van der Waals surface area (Å²) in [5, 5.41) is 0. The molecule has 0 saturated carbocycles. The van der Waals surface area contributed by atoms with Crippen molar-refractivity contribution in [3.63, 3.8) is 0 Å². The third-order valence-corrected chi connectivity index (χ3v) is 3.47. The summed E-state index contributed by atoms with van der Waals surface area (Å²) in [7, 11) is 2.12. The minimum Gasteiger partial charge on any atom is -0.472 e. The van der Waals surface area contributed by atoms with Crippen molar-refractivity contribution < 1.29 is 9.15 Å². The normalized spacial score (nSPS) is 25.4. The predicted octanol–water partition coefficient (Wildman–Crippen LogP) is 1.47. The van der Waals surface area contributed by atoms with Crippen LogP contribution in [0.5, 0.6) is 0 Å². The lowest BCUT2D eigenvalue weighted by Gasteiger charge is -2.38. The van der Waals surface area contributed by atoms with Crippen LogP contribution in [0.15, 0.2) is 23.0 Å². The molecule has 1 atom stereocenters. The van der Waals surface area contributed by atoms with Crippen molar-refractivity contribution in [1.29, 1.82) is 0 Å². The molecule has 4 nitrogen and oxygen atoms in total. The van der Waals surface area contributed by atoms with Crippen molar-refractivity contribution in [3.05, 3.63) is 24.2 Å². The van der Waals surface area contributed by atoms with Gasteiger partial charge in [-0.15, -0.1) is 0 Å². The van der Waals surface area contributed by atoms with E-state index in [4.69, 9.17) is 14.9 Å². The SMILES string of the molecule is CN(Cc1ccoc1)CC1(CN)CCCOC1. The number of rotatable bonds is 5. The van der Waals surface area contributed by atoms with E-state index in [-0.39, 0.29) is 5.41 Å². The van der Waals surface area contributed by atoms with Crippen molar-refractivity contribution in [2.45, 2.75) is 19.4 Å². The molecule has 0 aliphatic carbocycles. The van der Waals surface area contributed by atoms with E-state index >= 15 is 0 Å². The second-order valence-corrected chi connectivity index (χ2v) is 5.16. The average Bonchev–Trinajstić information content (AvgIpc) is 2.83. The van der Waals surface area contributed by atoms with E-state index in [0.29, 0.717) is 6.54 Å². The maximum atomic E-state index is 5.93. The van der Waals surface area contributed by atoms with Gasteiger partial charge in [0, 0.05) is 37.2 Å². The molecule has 2 heterocycles. The minimum absolute atomic E-state index is 0.136. The summed E-state index contributed by atoms with van der Waals surface area (Å²) in [5.41, 5.74) is 7.28. The molecular weight excluding hydrogens is 216 g/mol. The van der Waals surface area contributed by atoms with Gasteiger partial charge in [-0.3, -0.25) is 0 Å². The molecule has 1 unspecified atom stereocenters. The minimum atomic E-state index is 0.136. The average molecular weight is 238 g/mol. The lowest BCUT2D eigenvalue weighted by atomic mass is 9.82. The van der Waals surface area contributed by atoms with Crippen LogP contribution in [-0.4, -0.2) is 38.3 Å². The first-order valence-corrected chi connectivity index (χ1v) is 6.22. The molecule has 0 radical (unpaired) electrons. The molecule has 1 aromatic heterocycles. The fourth-order valence-electron chi connectivity index (χ4n) is 2.58. The standard InChI is InChI=1S/C13H22N2O2/c1-15(7-12-3-6-16-8-12)10-13(9-14)4-2-5-17-11-13/h3,6,8H,2,4-5,7,9-11,14H2,1H3. The summed E-state index contributed by atoms with van der Waals surface area (Å²) in [6.07, 6.45) is 5.80. The highest BCUT2D eigenvalue weighted by molar-refractivity contribution is 5.05. The number of nitrogens with zero attached hydrogens (tertiary/aromatic N) is 1. The first kappa shape index (κ1) is 12.6. The Hall–Kier alpha value is -0.840. The maximum Gasteiger partial charge on any atom is 0.0947 e. The van der Waals surface area contributed by atoms with Gasteiger partial charge in [-0.1, -0.05) is 0 Å². The summed E-state index contributed by atoms with van der Waals surface area (Å²) in [6, 6.07) is 2.00. The van der Waals surface area contributed by atoms with E-state index in [1.54, 1.807) is 12.5 Å². The van der Waals surface area contributed by atoms with Gasteiger partial charge in [0.15, 0.2) is 0 Å². The van der Waals surface area contributed by atoms with Gasteiger partial charge in [-0.2, -0.15) is 0 Å². The van der Waals surface area contributed by atoms with Crippen LogP contribution in [0, 0.1) is 5.41 Å². The lowest BCUT2D eigenvalue weighted by Crippen LogP contribution is -2.46. The first-order chi connectivity index (χ1) is 8.24. The summed E-state index contributed by atoms with van der Waals surface area (Å²) in [4.78, 5) is 2.30. The highest BCUT2D eigenvalue weighted by Crippen LogP contribution is 2.28. The molecular formula is C13H22N2O2. The molecule has 0 spiro atoms. The van der Waals surface area contributed by atoms with Gasteiger partial charge >= 0.3 is 0 Å². The topological polar surface area (TPSA) is 51.6 Å². The highest BCUT2D eigenvalue weighted by atomic mass is 16.5. The smallest absolute Gasteiger partial charge is 0.0947 e. The fraction of sp³-hybridized carbons (Fsp3) is 0.692. The highest BCUT2D eigenvalue weighted by Gasteiger charge is 2.32. The Morgan fingerprint density at radius 1 is 1.53 bits per heavy atom. The van der Waals surface area contributed by atoms with Crippen LogP contribution in [0.2, 0.25) is 0 Å². The van der Waals surface area contributed by atoms with Gasteiger partial charge in [-0.25, -0.2) is 0 Å². The quantitative estimate of drug-likeness (QED) is 0.844. The van der Waals surface area contributed by atoms with Crippen LogP contribution in [0.3, 0.4) is 0 Å². The van der Waals surface area contributed by atoms with Crippen LogP contribution < -0.4 is 5.73 Å². The monoisotopic (exact) mass is 238 g/mol. The number of hydrogen-bond acceptors (Lipinski definition) is 4. The predicted molar refractivity (Wildman–Crippen MR) is 66.6 cm³/mol. The number of ether oxygens (including phenoxy) is 1. The van der Waals surface area contributed by atoms with E-state index in [2.05, 4.69) is 11.9 Å². The van der Waals surface area contributed by atoms with Crippen LogP contribution in [0.4, 0.5) is 0 Å². The molecule has 1 aromatic rings. The lowest BCUT2D eigenvalue weighted by molar-refractivity contribution is -0.0192. The van der Waals surface area contributed by atoms with E-state index in [0.717, 1.165) is 32.7 Å². The number of nitrogens with two attached hydrogens (primary N) is 1. The van der Waals surface area contributed by atoms with Crippen LogP contribution in [0.25, 0.3) is 0 Å². The molecule has 1 fully saturated rings. The Morgan fingerprint density at radius 3 is 3.00 bits per heavy atom. The van der Waals surface area contributed by atoms with Crippen molar-refractivity contribution in [1.82, 2.24) is 4.90 Å². The van der Waals surface area contributed by atoms with Gasteiger partial charge in [0.2, 0.25) is 0 Å². The van der Waals surface area contributed by atoms with Gasteiger partial charge in [0.1, 0.15) is 0 Å². The van der Waals surface area contributed by atoms with E-state index in [1.165, 1.54) is 12.0 Å². The van der Waals surface area contributed by atoms with Gasteiger partial charge < -0.3 is 19.8 Å². The van der Waals surface area contributed by atoms with E-state index in [1.807, 2.05) is 6.07 Å². The van der Waals surface area contributed by atoms with Crippen LogP contribution >= 0.6 is 0 Å². The molecule has 1 aliphatic heterocycles. The molecule has 1 aliphatic rings. The van der Waals surface area contributed by atoms with Crippen molar-refractivity contribution in [3.8, 4) is 0 Å². The summed E-state index contributed by atoms with van der Waals surface area (Å²) in [6.45, 7) is 4.25. The van der Waals surface area contributed by atoms with Crippen molar-refractivity contribution >= 4 is 0 Å². The first-order valence-electron chi connectivity index (χ1n) is 6.22. The van der Waals surface area contributed by atoms with Crippen molar-refractivity contribution in [2.24, 2.45) is 11.1 Å². The zero-order valence-electron chi connectivity index (χ0n) is 10.5. The zero-order valence-corrected chi connectivity index (χ0v) is 10.5. The number of hydrogen-bond donors (Lipinski definition) is 1. The largest absolute Gasteiger partial charge is 0.472 e. The molecule has 0 bridgehead atoms. The second-order valence-electron chi connectivity index (χ2n) is 5.16. The van der Waals surface area contributed by atoms with E-state index < -0.39 is 0 Å². The Labute approximate surface area is 103 Å². The zero-order chi connectivity index (χ0) is 12.1. The second kappa shape index (κ2) is 5.67. The maximum absolute atomic E-state index is 5.93. The Bertz CT molecular complexity index is 318. The Kier molecular flexibility index (Phi) is 4.20. The molecule has 17 heavy (non-hydrogen) atoms. The van der Waals surface area contributed by atoms with Crippen LogP contribution in [0.1, 0.15) is 18.4 Å². The fourth-order valence-corrected chi connectivity index (χ4v) is 2.58. The van der Waals surface area contributed by atoms with Gasteiger partial charge in [-0.05, 0) is 26.0 Å². The molecule has 0 amide bonds. The van der Waals surface area contributed by atoms with Gasteiger partial charge in [0.25, 0.3) is 0 Å². The molecule has 0 aromatic carbocycles. The van der Waals surface area contributed by atoms with Crippen LogP contribution in [-0.2, 0) is 11.3 Å². The molecule has 96 valence electrons. The molecule has 2 rings (SSSR count). The molecule has 2 N–H and O–H groups in total.